The number of aromatic nitrogens is 3. The highest BCUT2D eigenvalue weighted by molar-refractivity contribution is 5.94. The first-order chi connectivity index (χ1) is 15.5. The number of pyridine rings is 1. The molecule has 2 aliphatic heterocycles. The molecule has 1 saturated heterocycles. The molecule has 2 aliphatic rings. The molecule has 3 aromatic rings. The van der Waals surface area contributed by atoms with Gasteiger partial charge in [-0.1, -0.05) is 12.1 Å². The van der Waals surface area contributed by atoms with Gasteiger partial charge in [-0.15, -0.1) is 0 Å². The Kier molecular flexibility index (Phi) is 5.32. The van der Waals surface area contributed by atoms with Crippen molar-refractivity contribution in [1.82, 2.24) is 29.5 Å². The molecule has 0 unspecified atom stereocenters. The number of rotatable bonds is 3. The fourth-order valence-corrected chi connectivity index (χ4v) is 3.93. The number of carbonyl (C=O) groups is 1. The Hall–Kier alpha value is -3.72. The first-order valence-electron chi connectivity index (χ1n) is 10.7. The minimum atomic E-state index is -0.224. The largest absolute Gasteiger partial charge is 0.353 e. The van der Waals surface area contributed by atoms with Gasteiger partial charge in [-0.2, -0.15) is 5.10 Å². The summed E-state index contributed by atoms with van der Waals surface area (Å²) >= 11 is 0. The Bertz CT molecular complexity index is 1210. The van der Waals surface area contributed by atoms with Crippen LogP contribution >= 0.6 is 0 Å². The second-order valence-corrected chi connectivity index (χ2v) is 8.21. The van der Waals surface area contributed by atoms with Gasteiger partial charge >= 0.3 is 6.03 Å². The van der Waals surface area contributed by atoms with E-state index in [9.17, 15) is 4.79 Å². The molecule has 32 heavy (non-hydrogen) atoms. The van der Waals surface area contributed by atoms with Crippen molar-refractivity contribution in [3.63, 3.8) is 0 Å². The summed E-state index contributed by atoms with van der Waals surface area (Å²) < 4.78 is 1.78. The molecule has 4 heterocycles. The molecule has 0 saturated carbocycles. The molecule has 1 aromatic carbocycles. The number of carbonyl (C=O) groups excluding carboxylic acids is 1. The van der Waals surface area contributed by atoms with Crippen molar-refractivity contribution in [2.24, 2.45) is 12.0 Å². The number of urea groups is 1. The normalized spacial score (nSPS) is 17.0. The third-order valence-electron chi connectivity index (χ3n) is 5.86. The van der Waals surface area contributed by atoms with Crippen molar-refractivity contribution < 1.29 is 4.79 Å². The summed E-state index contributed by atoms with van der Waals surface area (Å²) in [4.78, 5) is 28.0. The van der Waals surface area contributed by atoms with E-state index in [1.807, 2.05) is 37.8 Å². The minimum absolute atomic E-state index is 0.224. The zero-order chi connectivity index (χ0) is 22.1. The van der Waals surface area contributed by atoms with E-state index in [4.69, 9.17) is 0 Å². The number of fused-ring (bicyclic) bond motifs is 1. The van der Waals surface area contributed by atoms with Crippen LogP contribution in [-0.4, -0.2) is 81.5 Å². The van der Waals surface area contributed by atoms with E-state index in [1.165, 1.54) is 0 Å². The van der Waals surface area contributed by atoms with Gasteiger partial charge in [0.25, 0.3) is 0 Å². The summed E-state index contributed by atoms with van der Waals surface area (Å²) in [5, 5.41) is 9.19. The topological polar surface area (TPSA) is 81.9 Å². The van der Waals surface area contributed by atoms with Crippen LogP contribution in [0.1, 0.15) is 0 Å². The van der Waals surface area contributed by atoms with Crippen LogP contribution in [0.15, 0.2) is 59.9 Å². The number of benzene rings is 1. The van der Waals surface area contributed by atoms with Crippen LogP contribution in [0.5, 0.6) is 0 Å². The lowest BCUT2D eigenvalue weighted by Gasteiger charge is -2.35. The number of nitrogens with zero attached hydrogens (tertiary/aromatic N) is 7. The van der Waals surface area contributed by atoms with Gasteiger partial charge < -0.3 is 9.80 Å². The number of piperazine rings is 1. The number of nitrogens with one attached hydrogen (secondary N) is 1. The minimum Gasteiger partial charge on any atom is -0.353 e. The van der Waals surface area contributed by atoms with Crippen molar-refractivity contribution in [1.29, 1.82) is 0 Å². The number of hydrogen-bond donors (Lipinski definition) is 1. The molecule has 0 spiro atoms. The Balaban J connectivity index is 1.32. The van der Waals surface area contributed by atoms with Crippen LogP contribution in [0, 0.1) is 0 Å². The summed E-state index contributed by atoms with van der Waals surface area (Å²) in [6.07, 6.45) is 9.20. The Morgan fingerprint density at radius 3 is 2.62 bits per heavy atom. The molecular formula is C23H26N8O. The van der Waals surface area contributed by atoms with E-state index in [1.54, 1.807) is 22.0 Å². The van der Waals surface area contributed by atoms with E-state index in [0.29, 0.717) is 12.4 Å². The van der Waals surface area contributed by atoms with Crippen molar-refractivity contribution >= 4 is 28.8 Å². The van der Waals surface area contributed by atoms with Crippen LogP contribution in [0.2, 0.25) is 0 Å². The standard InChI is InChI=1S/C23H26N8O/c1-28-7-9-30(10-8-28)22-16-31(6-5-24-22)23(32)27-21-12-19-11-17(3-4-18(19)13-25-21)20-14-26-29(2)15-20/h3-5,11-16H,6-10H2,1-2H3,(H,25,27,32). The van der Waals surface area contributed by atoms with E-state index in [0.717, 1.165) is 53.9 Å². The van der Waals surface area contributed by atoms with Gasteiger partial charge in [0.1, 0.15) is 11.6 Å². The third kappa shape index (κ3) is 4.19. The second-order valence-electron chi connectivity index (χ2n) is 8.21. The van der Waals surface area contributed by atoms with Gasteiger partial charge in [0.2, 0.25) is 0 Å². The molecule has 164 valence electrons. The number of aryl methyl sites for hydroxylation is 1. The zero-order valence-corrected chi connectivity index (χ0v) is 18.3. The molecule has 0 radical (unpaired) electrons. The van der Waals surface area contributed by atoms with Crippen LogP contribution in [0.25, 0.3) is 21.9 Å². The average Bonchev–Trinajstić information content (AvgIpc) is 3.25. The number of amides is 2. The Morgan fingerprint density at radius 1 is 1.00 bits per heavy atom. The first-order valence-corrected chi connectivity index (χ1v) is 10.7. The number of anilines is 1. The van der Waals surface area contributed by atoms with E-state index in [2.05, 4.69) is 49.4 Å². The maximum Gasteiger partial charge on any atom is 0.327 e. The molecule has 9 heteroatoms. The maximum absolute atomic E-state index is 12.9. The number of likely N-dealkylation sites (N-methyl/N-ethyl adjacent to an activating group) is 1. The molecule has 1 N–H and O–H groups in total. The van der Waals surface area contributed by atoms with Crippen molar-refractivity contribution in [2.75, 3.05) is 45.1 Å². The molecular weight excluding hydrogens is 404 g/mol. The lowest BCUT2D eigenvalue weighted by atomic mass is 10.1. The zero-order valence-electron chi connectivity index (χ0n) is 18.3. The smallest absolute Gasteiger partial charge is 0.327 e. The van der Waals surface area contributed by atoms with E-state index >= 15 is 0 Å². The van der Waals surface area contributed by atoms with Gasteiger partial charge in [0.15, 0.2) is 0 Å². The number of hydrogen-bond acceptors (Lipinski definition) is 6. The molecule has 2 amide bonds. The van der Waals surface area contributed by atoms with Gasteiger partial charge in [-0.25, -0.2) is 14.8 Å². The summed E-state index contributed by atoms with van der Waals surface area (Å²) in [5.41, 5.74) is 2.12. The van der Waals surface area contributed by atoms with Crippen LogP contribution in [0.3, 0.4) is 0 Å². The summed E-state index contributed by atoms with van der Waals surface area (Å²) in [6.45, 7) is 4.21. The van der Waals surface area contributed by atoms with Crippen LogP contribution in [0.4, 0.5) is 10.6 Å². The van der Waals surface area contributed by atoms with Crippen LogP contribution < -0.4 is 5.32 Å². The third-order valence-corrected chi connectivity index (χ3v) is 5.86. The average molecular weight is 431 g/mol. The Labute approximate surface area is 186 Å². The summed E-state index contributed by atoms with van der Waals surface area (Å²) in [6, 6.07) is 7.84. The van der Waals surface area contributed by atoms with E-state index < -0.39 is 0 Å². The fraction of sp³-hybridized carbons (Fsp3) is 0.304. The molecule has 1 fully saturated rings. The predicted molar refractivity (Wildman–Crippen MR) is 125 cm³/mol. The highest BCUT2D eigenvalue weighted by Gasteiger charge is 2.21. The van der Waals surface area contributed by atoms with Gasteiger partial charge in [-0.3, -0.25) is 14.9 Å². The second kappa shape index (κ2) is 8.43. The van der Waals surface area contributed by atoms with E-state index in [-0.39, 0.29) is 6.03 Å². The lowest BCUT2D eigenvalue weighted by Crippen LogP contribution is -2.45. The van der Waals surface area contributed by atoms with Crippen molar-refractivity contribution in [3.8, 4) is 11.1 Å². The molecule has 5 rings (SSSR count). The van der Waals surface area contributed by atoms with Gasteiger partial charge in [0, 0.05) is 62.8 Å². The van der Waals surface area contributed by atoms with Gasteiger partial charge in [-0.05, 0) is 30.1 Å². The molecule has 2 aromatic heterocycles. The maximum atomic E-state index is 12.9. The van der Waals surface area contributed by atoms with Crippen molar-refractivity contribution in [3.05, 3.63) is 54.9 Å². The summed E-state index contributed by atoms with van der Waals surface area (Å²) in [7, 11) is 4.02. The predicted octanol–water partition coefficient (Wildman–Crippen LogP) is 2.60. The highest BCUT2D eigenvalue weighted by Crippen LogP contribution is 2.25. The first kappa shape index (κ1) is 20.2. The van der Waals surface area contributed by atoms with Crippen molar-refractivity contribution in [2.45, 2.75) is 0 Å². The number of aliphatic imine (C=N–C) groups is 1. The molecule has 0 atom stereocenters. The summed E-state index contributed by atoms with van der Waals surface area (Å²) in [5.74, 6) is 1.34. The Morgan fingerprint density at radius 2 is 1.84 bits per heavy atom. The molecule has 9 nitrogen and oxygen atoms in total. The fourth-order valence-electron chi connectivity index (χ4n) is 3.93. The quantitative estimate of drug-likeness (QED) is 0.691. The SMILES string of the molecule is CN1CCN(C2=CN(C(=O)Nc3cc4cc(-c5cnn(C)c5)ccc4cn3)CC=N2)CC1. The monoisotopic (exact) mass is 430 g/mol. The van der Waals surface area contributed by atoms with Crippen LogP contribution in [-0.2, 0) is 7.05 Å². The molecule has 0 aliphatic carbocycles. The highest BCUT2D eigenvalue weighted by atomic mass is 16.2. The van der Waals surface area contributed by atoms with Gasteiger partial charge in [0.05, 0.1) is 18.9 Å². The lowest BCUT2D eigenvalue weighted by molar-refractivity contribution is 0.181. The molecule has 0 bridgehead atoms.